The van der Waals surface area contributed by atoms with Crippen LogP contribution >= 0.6 is 15.9 Å². The van der Waals surface area contributed by atoms with E-state index in [1.54, 1.807) is 20.8 Å². The highest BCUT2D eigenvalue weighted by molar-refractivity contribution is 9.10. The molecule has 0 bridgehead atoms. The molecule has 0 radical (unpaired) electrons. The molecule has 0 aliphatic rings. The second kappa shape index (κ2) is 6.19. The lowest BCUT2D eigenvalue weighted by atomic mass is 10.1. The average Bonchev–Trinajstić information content (AvgIpc) is 2.23. The van der Waals surface area contributed by atoms with Crippen LogP contribution in [0.3, 0.4) is 0 Å². The summed E-state index contributed by atoms with van der Waals surface area (Å²) in [5, 5.41) is 2.63. The van der Waals surface area contributed by atoms with Gasteiger partial charge in [0, 0.05) is 10.0 Å². The Morgan fingerprint density at radius 2 is 1.95 bits per heavy atom. The molecule has 1 aromatic carbocycles. The van der Waals surface area contributed by atoms with Crippen LogP contribution in [-0.2, 0) is 14.8 Å². The molecule has 2 N–H and O–H groups in total. The van der Waals surface area contributed by atoms with Gasteiger partial charge in [-0.25, -0.2) is 17.5 Å². The topological polar surface area (TPSA) is 75.3 Å². The summed E-state index contributed by atoms with van der Waals surface area (Å²) in [5.74, 6) is -0.999. The van der Waals surface area contributed by atoms with E-state index < -0.39 is 27.3 Å². The van der Waals surface area contributed by atoms with Gasteiger partial charge in [-0.1, -0.05) is 0 Å². The Labute approximate surface area is 126 Å². The molecule has 0 spiro atoms. The fraction of sp³-hybridized carbons (Fsp3) is 0.417. The maximum atomic E-state index is 12.9. The highest BCUT2D eigenvalue weighted by atomic mass is 79.9. The molecule has 0 atom stereocenters. The third kappa shape index (κ3) is 5.18. The van der Waals surface area contributed by atoms with Crippen LogP contribution in [0.1, 0.15) is 20.8 Å². The van der Waals surface area contributed by atoms with Crippen molar-refractivity contribution in [2.24, 2.45) is 0 Å². The molecule has 0 fully saturated rings. The minimum atomic E-state index is -3.88. The second-order valence-corrected chi connectivity index (χ2v) is 7.79. The summed E-state index contributed by atoms with van der Waals surface area (Å²) in [6, 6.07) is 3.21. The zero-order chi connectivity index (χ0) is 15.6. The summed E-state index contributed by atoms with van der Waals surface area (Å²) in [5.41, 5.74) is -0.445. The van der Waals surface area contributed by atoms with E-state index in [0.29, 0.717) is 0 Å². The van der Waals surface area contributed by atoms with E-state index in [9.17, 15) is 17.6 Å². The zero-order valence-corrected chi connectivity index (χ0v) is 13.7. The first kappa shape index (κ1) is 17.1. The molecule has 0 saturated carbocycles. The van der Waals surface area contributed by atoms with Crippen LogP contribution < -0.4 is 10.0 Å². The highest BCUT2D eigenvalue weighted by Crippen LogP contribution is 2.22. The normalized spacial score (nSPS) is 12.2. The largest absolute Gasteiger partial charge is 0.350 e. The Morgan fingerprint density at radius 3 is 2.45 bits per heavy atom. The van der Waals surface area contributed by atoms with E-state index in [4.69, 9.17) is 0 Å². The van der Waals surface area contributed by atoms with Gasteiger partial charge in [0.1, 0.15) is 5.82 Å². The Hall–Kier alpha value is -0.990. The Bertz CT molecular complexity index is 612. The van der Waals surface area contributed by atoms with Gasteiger partial charge >= 0.3 is 0 Å². The van der Waals surface area contributed by atoms with Crippen molar-refractivity contribution < 1.29 is 17.6 Å². The van der Waals surface area contributed by atoms with Gasteiger partial charge in [-0.2, -0.15) is 0 Å². The number of carbonyl (C=O) groups is 1. The third-order valence-electron chi connectivity index (χ3n) is 2.12. The first-order valence-corrected chi connectivity index (χ1v) is 8.04. The number of sulfonamides is 1. The van der Waals surface area contributed by atoms with Crippen molar-refractivity contribution in [2.75, 3.05) is 6.54 Å². The van der Waals surface area contributed by atoms with Gasteiger partial charge in [-0.05, 0) is 54.9 Å². The van der Waals surface area contributed by atoms with Gasteiger partial charge < -0.3 is 5.32 Å². The Kier molecular flexibility index (Phi) is 5.28. The first-order chi connectivity index (χ1) is 9.01. The fourth-order valence-electron chi connectivity index (χ4n) is 1.39. The van der Waals surface area contributed by atoms with Gasteiger partial charge in [0.05, 0.1) is 11.4 Å². The molecule has 1 rings (SSSR count). The minimum absolute atomic E-state index is 0.0984. The van der Waals surface area contributed by atoms with Crippen molar-refractivity contribution in [3.63, 3.8) is 0 Å². The Morgan fingerprint density at radius 1 is 1.35 bits per heavy atom. The van der Waals surface area contributed by atoms with Crippen molar-refractivity contribution in [1.29, 1.82) is 0 Å². The van der Waals surface area contributed by atoms with Crippen molar-refractivity contribution in [3.05, 3.63) is 28.5 Å². The lowest BCUT2D eigenvalue weighted by Crippen LogP contribution is -2.45. The summed E-state index contributed by atoms with van der Waals surface area (Å²) in [6.45, 7) is 4.98. The maximum absolute atomic E-state index is 12.9. The number of hydrogen-bond donors (Lipinski definition) is 2. The smallest absolute Gasteiger partial charge is 0.242 e. The minimum Gasteiger partial charge on any atom is -0.350 e. The van der Waals surface area contributed by atoms with Crippen LogP contribution in [-0.4, -0.2) is 26.4 Å². The van der Waals surface area contributed by atoms with E-state index in [-0.39, 0.29) is 15.9 Å². The van der Waals surface area contributed by atoms with E-state index in [1.165, 1.54) is 0 Å². The standard InChI is InChI=1S/C12H16BrFN2O3S/c1-12(2,3)16-11(17)7-15-20(18,19)10-5-4-8(14)6-9(10)13/h4-6,15H,7H2,1-3H3,(H,16,17). The molecule has 0 aliphatic carbocycles. The predicted octanol–water partition coefficient (Wildman–Crippen LogP) is 1.78. The summed E-state index contributed by atoms with van der Waals surface area (Å²) in [4.78, 5) is 11.4. The van der Waals surface area contributed by atoms with E-state index >= 15 is 0 Å². The third-order valence-corrected chi connectivity index (χ3v) is 4.50. The molecule has 0 saturated heterocycles. The molecule has 0 aromatic heterocycles. The van der Waals surface area contributed by atoms with Crippen LogP contribution in [0.5, 0.6) is 0 Å². The number of amides is 1. The number of rotatable bonds is 4. The highest BCUT2D eigenvalue weighted by Gasteiger charge is 2.20. The van der Waals surface area contributed by atoms with E-state index in [2.05, 4.69) is 26.0 Å². The molecule has 8 heteroatoms. The molecule has 0 aliphatic heterocycles. The van der Waals surface area contributed by atoms with E-state index in [1.807, 2.05) is 0 Å². The summed E-state index contributed by atoms with van der Waals surface area (Å²) in [6.07, 6.45) is 0. The number of halogens is 2. The fourth-order valence-corrected chi connectivity index (χ4v) is 3.42. The number of benzene rings is 1. The van der Waals surface area contributed by atoms with Gasteiger partial charge in [-0.3, -0.25) is 4.79 Å². The quantitative estimate of drug-likeness (QED) is 0.852. The summed E-state index contributed by atoms with van der Waals surface area (Å²) < 4.78 is 39.2. The average molecular weight is 367 g/mol. The molecule has 0 heterocycles. The van der Waals surface area contributed by atoms with Gasteiger partial charge in [0.15, 0.2) is 0 Å². The van der Waals surface area contributed by atoms with Crippen LogP contribution in [0.2, 0.25) is 0 Å². The zero-order valence-electron chi connectivity index (χ0n) is 11.3. The van der Waals surface area contributed by atoms with Gasteiger partial charge in [0.2, 0.25) is 15.9 Å². The van der Waals surface area contributed by atoms with Crippen molar-refractivity contribution >= 4 is 31.9 Å². The first-order valence-electron chi connectivity index (χ1n) is 5.77. The molecule has 1 amide bonds. The lowest BCUT2D eigenvalue weighted by Gasteiger charge is -2.20. The van der Waals surface area contributed by atoms with Crippen molar-refractivity contribution in [1.82, 2.24) is 10.0 Å². The molecule has 5 nitrogen and oxygen atoms in total. The van der Waals surface area contributed by atoms with Crippen molar-refractivity contribution in [2.45, 2.75) is 31.2 Å². The Balaban J connectivity index is 2.78. The molecular weight excluding hydrogens is 351 g/mol. The number of nitrogens with one attached hydrogen (secondary N) is 2. The van der Waals surface area contributed by atoms with E-state index in [0.717, 1.165) is 18.2 Å². The maximum Gasteiger partial charge on any atom is 0.242 e. The number of carbonyl (C=O) groups excluding carboxylic acids is 1. The van der Waals surface area contributed by atoms with Crippen LogP contribution in [0.4, 0.5) is 4.39 Å². The van der Waals surface area contributed by atoms with Gasteiger partial charge in [0.25, 0.3) is 0 Å². The lowest BCUT2D eigenvalue weighted by molar-refractivity contribution is -0.121. The molecule has 0 unspecified atom stereocenters. The van der Waals surface area contributed by atoms with Crippen LogP contribution in [0.25, 0.3) is 0 Å². The SMILES string of the molecule is CC(C)(C)NC(=O)CNS(=O)(=O)c1ccc(F)cc1Br. The second-order valence-electron chi connectivity index (χ2n) is 5.20. The van der Waals surface area contributed by atoms with Crippen LogP contribution in [0.15, 0.2) is 27.6 Å². The number of hydrogen-bond acceptors (Lipinski definition) is 3. The van der Waals surface area contributed by atoms with Crippen molar-refractivity contribution in [3.8, 4) is 0 Å². The monoisotopic (exact) mass is 366 g/mol. The molecule has 20 heavy (non-hydrogen) atoms. The molecule has 112 valence electrons. The summed E-state index contributed by atoms with van der Waals surface area (Å²) in [7, 11) is -3.88. The predicted molar refractivity (Wildman–Crippen MR) is 77.2 cm³/mol. The van der Waals surface area contributed by atoms with Gasteiger partial charge in [-0.15, -0.1) is 0 Å². The molecule has 1 aromatic rings. The molecular formula is C12H16BrFN2O3S. The van der Waals surface area contributed by atoms with Crippen LogP contribution in [0, 0.1) is 5.82 Å². The summed E-state index contributed by atoms with van der Waals surface area (Å²) >= 11 is 2.98.